The first kappa shape index (κ1) is 30.2. The van der Waals surface area contributed by atoms with Crippen LogP contribution < -0.4 is 18.9 Å². The number of carbonyl (C=O) groups is 4. The lowest BCUT2D eigenvalue weighted by Gasteiger charge is -2.11. The smallest absolute Gasteiger partial charge is 0.343 e. The van der Waals surface area contributed by atoms with Crippen LogP contribution in [-0.2, 0) is 19.1 Å². The lowest BCUT2D eigenvalue weighted by Crippen LogP contribution is -2.11. The normalized spacial score (nSPS) is 10.1. The van der Waals surface area contributed by atoms with Crippen LogP contribution in [0.3, 0.4) is 0 Å². The van der Waals surface area contributed by atoms with Gasteiger partial charge in [0.1, 0.15) is 23.0 Å². The number of carbonyl (C=O) groups excluding carboxylic acids is 4. The van der Waals surface area contributed by atoms with Gasteiger partial charge in [0.25, 0.3) is 0 Å². The molecule has 3 rings (SSSR count). The second-order valence-electron chi connectivity index (χ2n) is 8.26. The zero-order chi connectivity index (χ0) is 29.6. The van der Waals surface area contributed by atoms with Crippen LogP contribution in [0.15, 0.2) is 92.0 Å². The standard InChI is InChI=1S/C31H28O10/c1-4-28(32)37-18-6-17-36-24-11-7-23(8-12-24)31(35)41-27-16-15-26(19-21(27)3)40-30(34)22-9-13-25(14-10-22)38-20-39-29(33)5-2/h4-5,7-16,19H,1-2,6,17-18,20H2,3H3. The fourth-order valence-electron chi connectivity index (χ4n) is 3.19. The number of benzene rings is 3. The molecule has 0 aliphatic rings. The van der Waals surface area contributed by atoms with E-state index >= 15 is 0 Å². The van der Waals surface area contributed by atoms with Gasteiger partial charge in [-0.25, -0.2) is 19.2 Å². The van der Waals surface area contributed by atoms with Gasteiger partial charge in [-0.1, -0.05) is 13.2 Å². The zero-order valence-corrected chi connectivity index (χ0v) is 22.3. The number of rotatable bonds is 14. The van der Waals surface area contributed by atoms with Crippen LogP contribution in [0, 0.1) is 6.92 Å². The second-order valence-corrected chi connectivity index (χ2v) is 8.26. The fourth-order valence-corrected chi connectivity index (χ4v) is 3.19. The first-order valence-corrected chi connectivity index (χ1v) is 12.4. The molecule has 0 aliphatic heterocycles. The van der Waals surface area contributed by atoms with Crippen LogP contribution in [0.4, 0.5) is 0 Å². The van der Waals surface area contributed by atoms with Crippen LogP contribution >= 0.6 is 0 Å². The summed E-state index contributed by atoms with van der Waals surface area (Å²) in [6.07, 6.45) is 2.62. The van der Waals surface area contributed by atoms with Crippen molar-refractivity contribution in [2.24, 2.45) is 0 Å². The molecule has 0 N–H and O–H groups in total. The summed E-state index contributed by atoms with van der Waals surface area (Å²) in [5.41, 5.74) is 1.18. The Morgan fingerprint density at radius 1 is 0.659 bits per heavy atom. The highest BCUT2D eigenvalue weighted by Gasteiger charge is 2.14. The van der Waals surface area contributed by atoms with Crippen molar-refractivity contribution in [3.8, 4) is 23.0 Å². The van der Waals surface area contributed by atoms with Gasteiger partial charge < -0.3 is 28.4 Å². The van der Waals surface area contributed by atoms with Crippen molar-refractivity contribution in [2.75, 3.05) is 20.0 Å². The van der Waals surface area contributed by atoms with Crippen LogP contribution in [-0.4, -0.2) is 43.9 Å². The molecule has 0 heterocycles. The molecule has 3 aromatic rings. The molecule has 0 aromatic heterocycles. The molecule has 212 valence electrons. The molecule has 0 unspecified atom stereocenters. The van der Waals surface area contributed by atoms with Gasteiger partial charge in [-0.3, -0.25) is 0 Å². The van der Waals surface area contributed by atoms with Crippen LogP contribution in [0.25, 0.3) is 0 Å². The molecule has 0 atom stereocenters. The average Bonchev–Trinajstić information content (AvgIpc) is 2.98. The Labute approximate surface area is 236 Å². The van der Waals surface area contributed by atoms with Crippen molar-refractivity contribution < 1.29 is 47.6 Å². The highest BCUT2D eigenvalue weighted by atomic mass is 16.7. The molecule has 0 radical (unpaired) electrons. The van der Waals surface area contributed by atoms with Crippen molar-refractivity contribution in [1.29, 1.82) is 0 Å². The SMILES string of the molecule is C=CC(=O)OCCCOc1ccc(C(=O)Oc2ccc(OC(=O)c3ccc(OCOC(=O)C=C)cc3)cc2C)cc1. The summed E-state index contributed by atoms with van der Waals surface area (Å²) in [6.45, 7) is 8.59. The Morgan fingerprint density at radius 2 is 1.20 bits per heavy atom. The van der Waals surface area contributed by atoms with E-state index in [9.17, 15) is 19.2 Å². The summed E-state index contributed by atoms with van der Waals surface area (Å²) in [5, 5.41) is 0. The summed E-state index contributed by atoms with van der Waals surface area (Å²) in [5.74, 6) is -0.740. The zero-order valence-electron chi connectivity index (χ0n) is 22.3. The Hall–Kier alpha value is -5.38. The first-order chi connectivity index (χ1) is 19.8. The van der Waals surface area contributed by atoms with E-state index in [-0.39, 0.29) is 24.7 Å². The molecule has 0 fully saturated rings. The predicted octanol–water partition coefficient (Wildman–Crippen LogP) is 5.00. The third kappa shape index (κ3) is 9.70. The van der Waals surface area contributed by atoms with Gasteiger partial charge >= 0.3 is 23.9 Å². The van der Waals surface area contributed by atoms with E-state index in [0.717, 1.165) is 12.2 Å². The minimum atomic E-state index is -0.611. The van der Waals surface area contributed by atoms with Gasteiger partial charge in [0.2, 0.25) is 6.79 Å². The lowest BCUT2D eigenvalue weighted by atomic mass is 10.2. The molecule has 10 heteroatoms. The maximum absolute atomic E-state index is 12.6. The number of esters is 4. The number of ether oxygens (including phenoxy) is 6. The third-order valence-corrected chi connectivity index (χ3v) is 5.30. The van der Waals surface area contributed by atoms with Crippen LogP contribution in [0.5, 0.6) is 23.0 Å². The Balaban J connectivity index is 1.48. The average molecular weight is 561 g/mol. The minimum Gasteiger partial charge on any atom is -0.493 e. The summed E-state index contributed by atoms with van der Waals surface area (Å²) in [6, 6.07) is 17.1. The fraction of sp³-hybridized carbons (Fsp3) is 0.161. The van der Waals surface area contributed by atoms with Crippen molar-refractivity contribution >= 4 is 23.9 Å². The summed E-state index contributed by atoms with van der Waals surface area (Å²) in [7, 11) is 0. The summed E-state index contributed by atoms with van der Waals surface area (Å²) in [4.78, 5) is 47.2. The molecule has 0 bridgehead atoms. The van der Waals surface area contributed by atoms with Gasteiger partial charge in [-0.05, 0) is 79.2 Å². The monoisotopic (exact) mass is 560 g/mol. The van der Waals surface area contributed by atoms with Gasteiger partial charge in [0, 0.05) is 18.6 Å². The molecule has 0 saturated heterocycles. The molecular weight excluding hydrogens is 532 g/mol. The van der Waals surface area contributed by atoms with Crippen molar-refractivity contribution in [3.05, 3.63) is 109 Å². The summed E-state index contributed by atoms with van der Waals surface area (Å²) >= 11 is 0. The van der Waals surface area contributed by atoms with Gasteiger partial charge in [0.05, 0.1) is 24.3 Å². The quantitative estimate of drug-likeness (QED) is 0.0875. The van der Waals surface area contributed by atoms with Crippen molar-refractivity contribution in [3.63, 3.8) is 0 Å². The Bertz CT molecular complexity index is 1390. The number of hydrogen-bond donors (Lipinski definition) is 0. The topological polar surface area (TPSA) is 124 Å². The van der Waals surface area contributed by atoms with Gasteiger partial charge in [0.15, 0.2) is 0 Å². The second kappa shape index (κ2) is 15.3. The van der Waals surface area contributed by atoms with E-state index in [1.165, 1.54) is 36.4 Å². The largest absolute Gasteiger partial charge is 0.493 e. The molecule has 10 nitrogen and oxygen atoms in total. The minimum absolute atomic E-state index is 0.215. The van der Waals surface area contributed by atoms with E-state index < -0.39 is 23.9 Å². The third-order valence-electron chi connectivity index (χ3n) is 5.30. The summed E-state index contributed by atoms with van der Waals surface area (Å²) < 4.78 is 31.4. The van der Waals surface area contributed by atoms with Gasteiger partial charge in [-0.15, -0.1) is 0 Å². The number of aryl methyl sites for hydroxylation is 1. The van der Waals surface area contributed by atoms with Crippen LogP contribution in [0.2, 0.25) is 0 Å². The molecule has 0 aliphatic carbocycles. The molecule has 0 spiro atoms. The highest BCUT2D eigenvalue weighted by molar-refractivity contribution is 5.92. The van der Waals surface area contributed by atoms with Gasteiger partial charge in [-0.2, -0.15) is 0 Å². The van der Waals surface area contributed by atoms with E-state index in [1.54, 1.807) is 37.3 Å². The van der Waals surface area contributed by atoms with E-state index in [2.05, 4.69) is 13.2 Å². The Morgan fingerprint density at radius 3 is 1.78 bits per heavy atom. The number of hydrogen-bond acceptors (Lipinski definition) is 10. The molecule has 3 aromatic carbocycles. The maximum atomic E-state index is 12.6. The van der Waals surface area contributed by atoms with E-state index in [0.29, 0.717) is 41.4 Å². The molecular formula is C31H28O10. The first-order valence-electron chi connectivity index (χ1n) is 12.4. The molecule has 0 saturated carbocycles. The predicted molar refractivity (Wildman–Crippen MR) is 147 cm³/mol. The molecule has 0 amide bonds. The highest BCUT2D eigenvalue weighted by Crippen LogP contribution is 2.25. The van der Waals surface area contributed by atoms with Crippen LogP contribution in [0.1, 0.15) is 32.7 Å². The lowest BCUT2D eigenvalue weighted by molar-refractivity contribution is -0.144. The molecule has 41 heavy (non-hydrogen) atoms. The van der Waals surface area contributed by atoms with E-state index in [1.807, 2.05) is 0 Å². The van der Waals surface area contributed by atoms with Crippen molar-refractivity contribution in [2.45, 2.75) is 13.3 Å². The van der Waals surface area contributed by atoms with Crippen molar-refractivity contribution in [1.82, 2.24) is 0 Å². The van der Waals surface area contributed by atoms with E-state index in [4.69, 9.17) is 28.4 Å². The maximum Gasteiger partial charge on any atom is 0.343 e. The Kier molecular flexibility index (Phi) is 11.2.